The Hall–Kier alpha value is -3.71. The van der Waals surface area contributed by atoms with E-state index in [9.17, 15) is 19.1 Å². The van der Waals surface area contributed by atoms with Gasteiger partial charge in [-0.05, 0) is 42.0 Å². The van der Waals surface area contributed by atoms with E-state index in [2.05, 4.69) is 9.97 Å². The van der Waals surface area contributed by atoms with Gasteiger partial charge in [-0.25, -0.2) is 9.37 Å². The van der Waals surface area contributed by atoms with Crippen LogP contribution in [-0.4, -0.2) is 15.9 Å². The van der Waals surface area contributed by atoms with Crippen molar-refractivity contribution in [2.24, 2.45) is 0 Å². The van der Waals surface area contributed by atoms with Crippen molar-refractivity contribution in [3.05, 3.63) is 87.9 Å². The zero-order valence-electron chi connectivity index (χ0n) is 14.6. The van der Waals surface area contributed by atoms with Crippen LogP contribution in [0.15, 0.2) is 63.8 Å². The lowest BCUT2D eigenvalue weighted by atomic mass is 10.1. The van der Waals surface area contributed by atoms with E-state index in [1.807, 2.05) is 0 Å². The van der Waals surface area contributed by atoms with E-state index in [-0.39, 0.29) is 27.3 Å². The summed E-state index contributed by atoms with van der Waals surface area (Å²) in [6.07, 6.45) is 1.42. The molecule has 4 rings (SSSR count). The van der Waals surface area contributed by atoms with Gasteiger partial charge in [-0.1, -0.05) is 29.8 Å². The van der Waals surface area contributed by atoms with Crippen LogP contribution >= 0.6 is 11.6 Å². The van der Waals surface area contributed by atoms with Crippen LogP contribution in [0.4, 0.5) is 4.39 Å². The highest BCUT2D eigenvalue weighted by Crippen LogP contribution is 2.27. The van der Waals surface area contributed by atoms with E-state index in [1.165, 1.54) is 30.3 Å². The van der Waals surface area contributed by atoms with Crippen molar-refractivity contribution in [2.45, 2.75) is 0 Å². The van der Waals surface area contributed by atoms with Crippen molar-refractivity contribution in [1.82, 2.24) is 9.97 Å². The van der Waals surface area contributed by atoms with Gasteiger partial charge in [0.1, 0.15) is 17.3 Å². The van der Waals surface area contributed by atoms with Gasteiger partial charge in [0.05, 0.1) is 27.5 Å². The average molecular weight is 410 g/mol. The summed E-state index contributed by atoms with van der Waals surface area (Å²) in [6.45, 7) is 0. The fourth-order valence-electron chi connectivity index (χ4n) is 2.81. The predicted molar refractivity (Wildman–Crippen MR) is 105 cm³/mol. The molecule has 0 unspecified atom stereocenters. The van der Waals surface area contributed by atoms with Gasteiger partial charge in [0, 0.05) is 6.08 Å². The molecule has 0 amide bonds. The van der Waals surface area contributed by atoms with Crippen LogP contribution < -0.4 is 10.7 Å². The molecule has 0 atom stereocenters. The monoisotopic (exact) mass is 409 g/mol. The third kappa shape index (κ3) is 3.68. The standard InChI is InChI=1S/C21H12ClFN2O4/c22-15(10-12-6-8-18(29-12)13-3-1-2-4-16(13)23)19-24-17-9-11(21(27)28)5-7-14(17)20(26)25-19/h1-10H,(H,27,28)(H,24,25,26)/p-1/b15-10-. The molecule has 2 aromatic heterocycles. The first-order chi connectivity index (χ1) is 13.9. The Morgan fingerprint density at radius 2 is 1.97 bits per heavy atom. The number of aromatic nitrogens is 2. The van der Waals surface area contributed by atoms with Crippen LogP contribution in [0.5, 0.6) is 0 Å². The molecule has 2 heterocycles. The lowest BCUT2D eigenvalue weighted by molar-refractivity contribution is -0.255. The number of halogens is 2. The summed E-state index contributed by atoms with van der Waals surface area (Å²) in [6, 6.07) is 13.2. The zero-order valence-corrected chi connectivity index (χ0v) is 15.4. The Morgan fingerprint density at radius 3 is 2.72 bits per heavy atom. The van der Waals surface area contributed by atoms with Gasteiger partial charge >= 0.3 is 0 Å². The Balaban J connectivity index is 1.72. The quantitative estimate of drug-likeness (QED) is 0.556. The van der Waals surface area contributed by atoms with E-state index in [4.69, 9.17) is 16.0 Å². The number of carboxylic acids is 1. The van der Waals surface area contributed by atoms with Crippen LogP contribution in [0.3, 0.4) is 0 Å². The first-order valence-corrected chi connectivity index (χ1v) is 8.78. The minimum absolute atomic E-state index is 0.0310. The maximum atomic E-state index is 13.9. The van der Waals surface area contributed by atoms with Gasteiger partial charge in [-0.3, -0.25) is 4.79 Å². The molecule has 29 heavy (non-hydrogen) atoms. The van der Waals surface area contributed by atoms with Crippen molar-refractivity contribution in [3.63, 3.8) is 0 Å². The third-order valence-corrected chi connectivity index (χ3v) is 4.49. The molecule has 0 aliphatic carbocycles. The lowest BCUT2D eigenvalue weighted by Gasteiger charge is -2.05. The number of carboxylic acid groups (broad SMARTS) is 1. The number of aromatic amines is 1. The molecular formula is C21H11ClFN2O4-. The number of furan rings is 1. The number of hydrogen-bond donors (Lipinski definition) is 1. The van der Waals surface area contributed by atoms with Gasteiger partial charge in [0.25, 0.3) is 5.56 Å². The SMILES string of the molecule is O=C([O-])c1ccc2c(=O)[nH]c(/C(Cl)=C/c3ccc(-c4ccccc4F)o3)nc2c1. The van der Waals surface area contributed by atoms with Crippen molar-refractivity contribution >= 4 is 39.6 Å². The molecule has 0 bridgehead atoms. The van der Waals surface area contributed by atoms with Crippen LogP contribution in [-0.2, 0) is 0 Å². The van der Waals surface area contributed by atoms with Gasteiger partial charge in [0.15, 0.2) is 5.82 Å². The summed E-state index contributed by atoms with van der Waals surface area (Å²) in [4.78, 5) is 30.0. The van der Waals surface area contributed by atoms with Crippen LogP contribution in [0.25, 0.3) is 33.3 Å². The van der Waals surface area contributed by atoms with Crippen LogP contribution in [0, 0.1) is 5.82 Å². The molecule has 0 aliphatic rings. The fraction of sp³-hybridized carbons (Fsp3) is 0. The molecule has 1 N–H and O–H groups in total. The van der Waals surface area contributed by atoms with Gasteiger partial charge in [0.2, 0.25) is 0 Å². The number of H-pyrrole nitrogens is 1. The zero-order chi connectivity index (χ0) is 20.5. The molecule has 0 saturated carbocycles. The lowest BCUT2D eigenvalue weighted by Crippen LogP contribution is -2.22. The molecule has 0 aliphatic heterocycles. The molecule has 144 valence electrons. The van der Waals surface area contributed by atoms with E-state index < -0.39 is 17.3 Å². The molecule has 4 aromatic rings. The number of rotatable bonds is 4. The highest BCUT2D eigenvalue weighted by molar-refractivity contribution is 6.50. The summed E-state index contributed by atoms with van der Waals surface area (Å²) in [5.41, 5.74) is -0.131. The van der Waals surface area contributed by atoms with Crippen LogP contribution in [0.2, 0.25) is 0 Å². The van der Waals surface area contributed by atoms with Crippen molar-refractivity contribution in [1.29, 1.82) is 0 Å². The Morgan fingerprint density at radius 1 is 1.17 bits per heavy atom. The molecule has 0 fully saturated rings. The van der Waals surface area contributed by atoms with Gasteiger partial charge in [-0.2, -0.15) is 0 Å². The Kier molecular flexibility index (Phi) is 4.74. The Labute approximate surface area is 167 Å². The van der Waals surface area contributed by atoms with Crippen molar-refractivity contribution < 1.29 is 18.7 Å². The van der Waals surface area contributed by atoms with E-state index >= 15 is 0 Å². The third-order valence-electron chi connectivity index (χ3n) is 4.20. The number of carbonyl (C=O) groups is 1. The fourth-order valence-corrected chi connectivity index (χ4v) is 3.01. The number of hydrogen-bond acceptors (Lipinski definition) is 5. The summed E-state index contributed by atoms with van der Waals surface area (Å²) >= 11 is 6.27. The smallest absolute Gasteiger partial charge is 0.259 e. The molecule has 8 heteroatoms. The second-order valence-electron chi connectivity index (χ2n) is 6.11. The van der Waals surface area contributed by atoms with Crippen molar-refractivity contribution in [2.75, 3.05) is 0 Å². The van der Waals surface area contributed by atoms with Crippen molar-refractivity contribution in [3.8, 4) is 11.3 Å². The number of aromatic carboxylic acids is 1. The summed E-state index contributed by atoms with van der Waals surface area (Å²) in [5, 5.41) is 11.3. The summed E-state index contributed by atoms with van der Waals surface area (Å²) < 4.78 is 19.5. The van der Waals surface area contributed by atoms with Gasteiger partial charge in [-0.15, -0.1) is 0 Å². The summed E-state index contributed by atoms with van der Waals surface area (Å²) in [5.74, 6) is -1.14. The van der Waals surface area contributed by atoms with E-state index in [1.54, 1.807) is 30.3 Å². The minimum Gasteiger partial charge on any atom is -0.545 e. The minimum atomic E-state index is -1.38. The Bertz CT molecular complexity index is 1340. The van der Waals surface area contributed by atoms with Gasteiger partial charge < -0.3 is 19.3 Å². The normalized spacial score (nSPS) is 11.7. The number of nitrogens with zero attached hydrogens (tertiary/aromatic N) is 1. The molecular weight excluding hydrogens is 399 g/mol. The maximum Gasteiger partial charge on any atom is 0.259 e. The predicted octanol–water partition coefficient (Wildman–Crippen LogP) is 3.42. The highest BCUT2D eigenvalue weighted by Gasteiger charge is 2.11. The first kappa shape index (κ1) is 18.6. The van der Waals surface area contributed by atoms with E-state index in [0.717, 1.165) is 0 Å². The highest BCUT2D eigenvalue weighted by atomic mass is 35.5. The number of fused-ring (bicyclic) bond motifs is 1. The largest absolute Gasteiger partial charge is 0.545 e. The van der Waals surface area contributed by atoms with Crippen LogP contribution in [0.1, 0.15) is 21.9 Å². The molecule has 0 spiro atoms. The topological polar surface area (TPSA) is 99.0 Å². The summed E-state index contributed by atoms with van der Waals surface area (Å²) in [7, 11) is 0. The molecule has 0 saturated heterocycles. The molecule has 0 radical (unpaired) electrons. The van der Waals surface area contributed by atoms with E-state index in [0.29, 0.717) is 17.1 Å². The number of benzene rings is 2. The maximum absolute atomic E-state index is 13.9. The first-order valence-electron chi connectivity index (χ1n) is 8.40. The number of nitrogens with one attached hydrogen (secondary N) is 1. The second kappa shape index (κ2) is 7.37. The second-order valence-corrected chi connectivity index (χ2v) is 6.52. The number of carbonyl (C=O) groups excluding carboxylic acids is 1. The molecule has 2 aromatic carbocycles. The molecule has 6 nitrogen and oxygen atoms in total. The average Bonchev–Trinajstić information content (AvgIpc) is 3.16.